The second-order valence-corrected chi connectivity index (χ2v) is 8.81. The van der Waals surface area contributed by atoms with Crippen molar-refractivity contribution in [1.29, 1.82) is 0 Å². The zero-order valence-electron chi connectivity index (χ0n) is 19.4. The first kappa shape index (κ1) is 23.4. The fraction of sp³-hybridized carbons (Fsp3) is 0.296. The standard InChI is InChI=1S/C27H30N4O3/c1-20-7-12-26(33)31(17-20)19-25(32)28-23-10-8-22(9-11-23)27(34)29-24-13-15-30(16-14-24)18-21-5-3-2-4-6-21/h2-12,17,24H,13-16,18-19H2,1H3,(H,28,32)(H,29,34). The van der Waals surface area contributed by atoms with Gasteiger partial charge in [0.1, 0.15) is 6.54 Å². The van der Waals surface area contributed by atoms with Crippen molar-refractivity contribution in [1.82, 2.24) is 14.8 Å². The predicted octanol–water partition coefficient (Wildman–Crippen LogP) is 3.19. The van der Waals surface area contributed by atoms with Gasteiger partial charge in [-0.3, -0.25) is 19.3 Å². The Hall–Kier alpha value is -3.71. The SMILES string of the molecule is Cc1ccc(=O)n(CC(=O)Nc2ccc(C(=O)NC3CCN(Cc4ccccc4)CC3)cc2)c1. The maximum Gasteiger partial charge on any atom is 0.251 e. The van der Waals surface area contributed by atoms with Crippen LogP contribution in [0, 0.1) is 6.92 Å². The van der Waals surface area contributed by atoms with E-state index >= 15 is 0 Å². The summed E-state index contributed by atoms with van der Waals surface area (Å²) in [7, 11) is 0. The van der Waals surface area contributed by atoms with Gasteiger partial charge in [0.05, 0.1) is 0 Å². The van der Waals surface area contributed by atoms with E-state index in [1.165, 1.54) is 16.2 Å². The Kier molecular flexibility index (Phi) is 7.54. The summed E-state index contributed by atoms with van der Waals surface area (Å²) in [5, 5.41) is 5.91. The number of hydrogen-bond donors (Lipinski definition) is 2. The Labute approximate surface area is 199 Å². The molecule has 1 saturated heterocycles. The van der Waals surface area contributed by atoms with Crippen LogP contribution in [-0.2, 0) is 17.9 Å². The molecule has 2 heterocycles. The summed E-state index contributed by atoms with van der Waals surface area (Å²) in [6, 6.07) is 20.6. The average Bonchev–Trinajstić information content (AvgIpc) is 2.84. The molecule has 2 amide bonds. The molecule has 1 aliphatic rings. The van der Waals surface area contributed by atoms with Crippen LogP contribution in [0.25, 0.3) is 0 Å². The van der Waals surface area contributed by atoms with Gasteiger partial charge in [0.15, 0.2) is 0 Å². The number of amides is 2. The maximum absolute atomic E-state index is 12.7. The van der Waals surface area contributed by atoms with Gasteiger partial charge in [0.25, 0.3) is 11.5 Å². The molecule has 176 valence electrons. The molecule has 0 unspecified atom stereocenters. The Balaban J connectivity index is 1.24. The van der Waals surface area contributed by atoms with E-state index < -0.39 is 0 Å². The summed E-state index contributed by atoms with van der Waals surface area (Å²) >= 11 is 0. The molecule has 0 aliphatic carbocycles. The molecular formula is C27H30N4O3. The van der Waals surface area contributed by atoms with Crippen LogP contribution in [-0.4, -0.2) is 40.4 Å². The van der Waals surface area contributed by atoms with Gasteiger partial charge in [-0.2, -0.15) is 0 Å². The third-order valence-electron chi connectivity index (χ3n) is 6.05. The van der Waals surface area contributed by atoms with Crippen LogP contribution in [0.1, 0.15) is 34.3 Å². The molecule has 0 saturated carbocycles. The van der Waals surface area contributed by atoms with E-state index in [0.717, 1.165) is 38.0 Å². The summed E-state index contributed by atoms with van der Waals surface area (Å²) in [4.78, 5) is 39.3. The summed E-state index contributed by atoms with van der Waals surface area (Å²) in [6.45, 7) is 4.65. The number of nitrogens with zero attached hydrogens (tertiary/aromatic N) is 2. The fourth-order valence-electron chi connectivity index (χ4n) is 4.18. The number of rotatable bonds is 7. The molecule has 7 heteroatoms. The van der Waals surface area contributed by atoms with Gasteiger partial charge in [-0.15, -0.1) is 0 Å². The van der Waals surface area contributed by atoms with E-state index in [-0.39, 0.29) is 30.0 Å². The van der Waals surface area contributed by atoms with Crippen LogP contribution in [0.3, 0.4) is 0 Å². The summed E-state index contributed by atoms with van der Waals surface area (Å²) in [5.41, 5.74) is 3.13. The number of pyridine rings is 1. The summed E-state index contributed by atoms with van der Waals surface area (Å²) in [6.07, 6.45) is 3.50. The third-order valence-corrected chi connectivity index (χ3v) is 6.05. The molecule has 1 aromatic heterocycles. The topological polar surface area (TPSA) is 83.4 Å². The number of piperidine rings is 1. The normalized spacial score (nSPS) is 14.5. The summed E-state index contributed by atoms with van der Waals surface area (Å²) in [5.74, 6) is -0.405. The number of benzene rings is 2. The van der Waals surface area contributed by atoms with Gasteiger partial charge in [-0.1, -0.05) is 36.4 Å². The number of likely N-dealkylation sites (tertiary alicyclic amines) is 1. The quantitative estimate of drug-likeness (QED) is 0.570. The van der Waals surface area contributed by atoms with Crippen molar-refractivity contribution in [3.05, 3.63) is 100.0 Å². The number of aryl methyl sites for hydroxylation is 1. The highest BCUT2D eigenvalue weighted by molar-refractivity contribution is 5.96. The lowest BCUT2D eigenvalue weighted by molar-refractivity contribution is -0.116. The van der Waals surface area contributed by atoms with E-state index in [1.54, 1.807) is 36.5 Å². The predicted molar refractivity (Wildman–Crippen MR) is 133 cm³/mol. The highest BCUT2D eigenvalue weighted by Crippen LogP contribution is 2.15. The zero-order chi connectivity index (χ0) is 23.9. The monoisotopic (exact) mass is 458 g/mol. The number of hydrogen-bond acceptors (Lipinski definition) is 4. The largest absolute Gasteiger partial charge is 0.349 e. The average molecular weight is 459 g/mol. The molecule has 0 bridgehead atoms. The molecule has 1 fully saturated rings. The van der Waals surface area contributed by atoms with Crippen molar-refractivity contribution < 1.29 is 9.59 Å². The van der Waals surface area contributed by atoms with E-state index in [0.29, 0.717) is 11.3 Å². The molecule has 1 aliphatic heterocycles. The molecule has 0 atom stereocenters. The van der Waals surface area contributed by atoms with Crippen LogP contribution in [0.4, 0.5) is 5.69 Å². The molecule has 2 N–H and O–H groups in total. The summed E-state index contributed by atoms with van der Waals surface area (Å²) < 4.78 is 1.37. The number of nitrogens with one attached hydrogen (secondary N) is 2. The second-order valence-electron chi connectivity index (χ2n) is 8.81. The Morgan fingerprint density at radius 2 is 1.65 bits per heavy atom. The van der Waals surface area contributed by atoms with Gasteiger partial charge in [-0.05, 0) is 55.2 Å². The maximum atomic E-state index is 12.7. The highest BCUT2D eigenvalue weighted by atomic mass is 16.2. The zero-order valence-corrected chi connectivity index (χ0v) is 19.4. The lowest BCUT2D eigenvalue weighted by Crippen LogP contribution is -2.44. The molecule has 7 nitrogen and oxygen atoms in total. The van der Waals surface area contributed by atoms with E-state index in [4.69, 9.17) is 0 Å². The Morgan fingerprint density at radius 3 is 2.35 bits per heavy atom. The third kappa shape index (κ3) is 6.42. The van der Waals surface area contributed by atoms with E-state index in [1.807, 2.05) is 13.0 Å². The molecule has 4 rings (SSSR count). The number of aromatic nitrogens is 1. The van der Waals surface area contributed by atoms with Gasteiger partial charge in [0.2, 0.25) is 5.91 Å². The van der Waals surface area contributed by atoms with Crippen molar-refractivity contribution >= 4 is 17.5 Å². The van der Waals surface area contributed by atoms with Crippen LogP contribution < -0.4 is 16.2 Å². The minimum absolute atomic E-state index is 0.0638. The number of carbonyl (C=O) groups excluding carboxylic acids is 2. The van der Waals surface area contributed by atoms with Crippen molar-refractivity contribution in [3.8, 4) is 0 Å². The van der Waals surface area contributed by atoms with E-state index in [9.17, 15) is 14.4 Å². The molecule has 0 radical (unpaired) electrons. The van der Waals surface area contributed by atoms with Crippen molar-refractivity contribution in [2.45, 2.75) is 38.9 Å². The van der Waals surface area contributed by atoms with Crippen molar-refractivity contribution in [3.63, 3.8) is 0 Å². The minimum atomic E-state index is -0.299. The van der Waals surface area contributed by atoms with Crippen LogP contribution >= 0.6 is 0 Å². The van der Waals surface area contributed by atoms with Crippen LogP contribution in [0.2, 0.25) is 0 Å². The second kappa shape index (κ2) is 10.9. The smallest absolute Gasteiger partial charge is 0.251 e. The molecule has 2 aromatic carbocycles. The van der Waals surface area contributed by atoms with Crippen molar-refractivity contribution in [2.75, 3.05) is 18.4 Å². The molecule has 0 spiro atoms. The Morgan fingerprint density at radius 1 is 0.941 bits per heavy atom. The van der Waals surface area contributed by atoms with Gasteiger partial charge in [-0.25, -0.2) is 0 Å². The molecule has 34 heavy (non-hydrogen) atoms. The van der Waals surface area contributed by atoms with Crippen molar-refractivity contribution in [2.24, 2.45) is 0 Å². The number of carbonyl (C=O) groups is 2. The first-order valence-corrected chi connectivity index (χ1v) is 11.6. The van der Waals surface area contributed by atoms with E-state index in [2.05, 4.69) is 39.8 Å². The van der Waals surface area contributed by atoms with Gasteiger partial charge in [0, 0.05) is 49.2 Å². The van der Waals surface area contributed by atoms with Gasteiger partial charge >= 0.3 is 0 Å². The molecule has 3 aromatic rings. The minimum Gasteiger partial charge on any atom is -0.349 e. The molecular weight excluding hydrogens is 428 g/mol. The highest BCUT2D eigenvalue weighted by Gasteiger charge is 2.21. The fourth-order valence-corrected chi connectivity index (χ4v) is 4.18. The first-order chi connectivity index (χ1) is 16.5. The lowest BCUT2D eigenvalue weighted by Gasteiger charge is -2.32. The number of anilines is 1. The van der Waals surface area contributed by atoms with Gasteiger partial charge < -0.3 is 15.2 Å². The first-order valence-electron chi connectivity index (χ1n) is 11.6. The van der Waals surface area contributed by atoms with Crippen LogP contribution in [0.15, 0.2) is 77.7 Å². The van der Waals surface area contributed by atoms with Crippen LogP contribution in [0.5, 0.6) is 0 Å². The Bertz CT molecular complexity index is 1180. The lowest BCUT2D eigenvalue weighted by atomic mass is 10.0.